The van der Waals surface area contributed by atoms with Crippen molar-refractivity contribution in [3.63, 3.8) is 0 Å². The van der Waals surface area contributed by atoms with Gasteiger partial charge in [0.05, 0.1) is 38.6 Å². The average Bonchev–Trinajstić information content (AvgIpc) is 3.18. The van der Waals surface area contributed by atoms with E-state index in [0.717, 1.165) is 5.56 Å². The predicted octanol–water partition coefficient (Wildman–Crippen LogP) is 1.16. The Kier molecular flexibility index (Phi) is 3.94. The van der Waals surface area contributed by atoms with Crippen molar-refractivity contribution < 1.29 is 19.0 Å². The number of nitrogens with zero attached hydrogens (tertiary/aromatic N) is 3. The second kappa shape index (κ2) is 6.02. The van der Waals surface area contributed by atoms with E-state index < -0.39 is 6.29 Å². The van der Waals surface area contributed by atoms with E-state index in [4.69, 9.17) is 9.47 Å². The molecule has 2 aromatic rings. The van der Waals surface area contributed by atoms with Crippen molar-refractivity contribution in [2.75, 3.05) is 20.3 Å². The summed E-state index contributed by atoms with van der Waals surface area (Å²) in [7, 11) is 1.36. The van der Waals surface area contributed by atoms with Gasteiger partial charge >= 0.3 is 5.97 Å². The van der Waals surface area contributed by atoms with Gasteiger partial charge in [0.25, 0.3) is 0 Å². The third kappa shape index (κ3) is 3.09. The average molecular weight is 289 g/mol. The van der Waals surface area contributed by atoms with Crippen molar-refractivity contribution in [1.82, 2.24) is 15.0 Å². The minimum atomic E-state index is -0.416. The maximum atomic E-state index is 11.4. The van der Waals surface area contributed by atoms with Crippen LogP contribution >= 0.6 is 0 Å². The Morgan fingerprint density at radius 2 is 2.05 bits per heavy atom. The molecule has 1 aliphatic heterocycles. The predicted molar refractivity (Wildman–Crippen MR) is 71.6 cm³/mol. The van der Waals surface area contributed by atoms with Crippen molar-refractivity contribution >= 4 is 5.97 Å². The van der Waals surface area contributed by atoms with Crippen molar-refractivity contribution in [3.05, 3.63) is 47.3 Å². The second-order valence-corrected chi connectivity index (χ2v) is 4.60. The van der Waals surface area contributed by atoms with E-state index in [-0.39, 0.29) is 5.97 Å². The van der Waals surface area contributed by atoms with Crippen LogP contribution in [-0.4, -0.2) is 41.3 Å². The number of aromatic nitrogens is 3. The van der Waals surface area contributed by atoms with Gasteiger partial charge in [-0.25, -0.2) is 9.48 Å². The fourth-order valence-corrected chi connectivity index (χ4v) is 2.08. The molecular weight excluding hydrogens is 274 g/mol. The SMILES string of the molecule is COC(=O)c1ccc(Cn2cc(C3OCCO3)nn2)cc1. The third-order valence-electron chi connectivity index (χ3n) is 3.14. The summed E-state index contributed by atoms with van der Waals surface area (Å²) >= 11 is 0. The van der Waals surface area contributed by atoms with Gasteiger partial charge in [-0.3, -0.25) is 0 Å². The Morgan fingerprint density at radius 1 is 1.33 bits per heavy atom. The molecule has 21 heavy (non-hydrogen) atoms. The molecule has 7 nitrogen and oxygen atoms in total. The van der Waals surface area contributed by atoms with Gasteiger partial charge in [-0.15, -0.1) is 5.10 Å². The molecule has 0 aliphatic carbocycles. The number of carbonyl (C=O) groups excluding carboxylic acids is 1. The number of methoxy groups -OCH3 is 1. The maximum Gasteiger partial charge on any atom is 0.337 e. The molecular formula is C14H15N3O4. The van der Waals surface area contributed by atoms with Gasteiger partial charge in [0.2, 0.25) is 6.29 Å². The number of rotatable bonds is 4. The first-order valence-electron chi connectivity index (χ1n) is 6.57. The van der Waals surface area contributed by atoms with Crippen LogP contribution in [0.4, 0.5) is 0 Å². The summed E-state index contributed by atoms with van der Waals surface area (Å²) in [4.78, 5) is 11.4. The molecule has 0 unspecified atom stereocenters. The first kappa shape index (κ1) is 13.7. The van der Waals surface area contributed by atoms with Gasteiger partial charge in [0.15, 0.2) is 0 Å². The third-order valence-corrected chi connectivity index (χ3v) is 3.14. The van der Waals surface area contributed by atoms with Crippen LogP contribution in [0.3, 0.4) is 0 Å². The van der Waals surface area contributed by atoms with E-state index in [1.165, 1.54) is 7.11 Å². The van der Waals surface area contributed by atoms with Gasteiger partial charge < -0.3 is 14.2 Å². The van der Waals surface area contributed by atoms with Gasteiger partial charge in [-0.05, 0) is 17.7 Å². The van der Waals surface area contributed by atoms with Crippen LogP contribution in [0.2, 0.25) is 0 Å². The van der Waals surface area contributed by atoms with Crippen molar-refractivity contribution in [1.29, 1.82) is 0 Å². The summed E-state index contributed by atoms with van der Waals surface area (Å²) in [5.74, 6) is -0.347. The number of esters is 1. The van der Waals surface area contributed by atoms with Crippen molar-refractivity contribution in [3.8, 4) is 0 Å². The van der Waals surface area contributed by atoms with E-state index in [2.05, 4.69) is 15.0 Å². The summed E-state index contributed by atoms with van der Waals surface area (Å²) in [6, 6.07) is 7.16. The van der Waals surface area contributed by atoms with Crippen LogP contribution in [0.25, 0.3) is 0 Å². The fourth-order valence-electron chi connectivity index (χ4n) is 2.08. The summed E-state index contributed by atoms with van der Waals surface area (Å²) in [5, 5.41) is 8.09. The molecule has 1 aromatic carbocycles. The lowest BCUT2D eigenvalue weighted by atomic mass is 10.1. The Bertz CT molecular complexity index is 617. The molecule has 1 fully saturated rings. The number of benzene rings is 1. The summed E-state index contributed by atoms with van der Waals surface area (Å²) in [6.45, 7) is 1.71. The van der Waals surface area contributed by atoms with Crippen LogP contribution in [-0.2, 0) is 20.8 Å². The molecule has 7 heteroatoms. The van der Waals surface area contributed by atoms with E-state index in [9.17, 15) is 4.79 Å². The lowest BCUT2D eigenvalue weighted by molar-refractivity contribution is -0.0473. The zero-order valence-corrected chi connectivity index (χ0v) is 11.6. The Hall–Kier alpha value is -2.25. The highest BCUT2D eigenvalue weighted by Crippen LogP contribution is 2.20. The number of hydrogen-bond acceptors (Lipinski definition) is 6. The Labute approximate surface area is 121 Å². The highest BCUT2D eigenvalue weighted by Gasteiger charge is 2.21. The number of carbonyl (C=O) groups is 1. The first-order chi connectivity index (χ1) is 10.3. The zero-order chi connectivity index (χ0) is 14.7. The van der Waals surface area contributed by atoms with Crippen molar-refractivity contribution in [2.45, 2.75) is 12.8 Å². The minimum absolute atomic E-state index is 0.347. The van der Waals surface area contributed by atoms with Crippen LogP contribution in [0.1, 0.15) is 27.9 Å². The summed E-state index contributed by atoms with van der Waals surface area (Å²) in [6.07, 6.45) is 1.38. The molecule has 1 saturated heterocycles. The molecule has 0 atom stereocenters. The molecule has 1 aromatic heterocycles. The smallest absolute Gasteiger partial charge is 0.337 e. The van der Waals surface area contributed by atoms with Crippen LogP contribution in [0.15, 0.2) is 30.5 Å². The van der Waals surface area contributed by atoms with E-state index in [1.54, 1.807) is 23.0 Å². The molecule has 2 heterocycles. The largest absolute Gasteiger partial charge is 0.465 e. The monoisotopic (exact) mass is 289 g/mol. The maximum absolute atomic E-state index is 11.4. The zero-order valence-electron chi connectivity index (χ0n) is 11.6. The highest BCUT2D eigenvalue weighted by molar-refractivity contribution is 5.89. The van der Waals surface area contributed by atoms with Crippen LogP contribution in [0, 0.1) is 0 Å². The van der Waals surface area contributed by atoms with Gasteiger partial charge in [-0.2, -0.15) is 0 Å². The van der Waals surface area contributed by atoms with Crippen molar-refractivity contribution in [2.24, 2.45) is 0 Å². The molecule has 1 aliphatic rings. The van der Waals surface area contributed by atoms with Gasteiger partial charge in [-0.1, -0.05) is 17.3 Å². The van der Waals surface area contributed by atoms with Gasteiger partial charge in [0.1, 0.15) is 5.69 Å². The molecule has 0 bridgehead atoms. The number of hydrogen-bond donors (Lipinski definition) is 0. The standard InChI is InChI=1S/C14H15N3O4/c1-19-13(18)11-4-2-10(3-5-11)8-17-9-12(15-16-17)14-20-6-7-21-14/h2-5,9,14H,6-8H2,1H3. The Balaban J connectivity index is 1.67. The molecule has 0 N–H and O–H groups in total. The molecule has 0 amide bonds. The normalized spacial score (nSPS) is 15.3. The van der Waals surface area contributed by atoms with E-state index >= 15 is 0 Å². The number of ether oxygens (including phenoxy) is 3. The molecule has 0 saturated carbocycles. The molecule has 110 valence electrons. The second-order valence-electron chi connectivity index (χ2n) is 4.60. The van der Waals surface area contributed by atoms with E-state index in [1.807, 2.05) is 12.1 Å². The lowest BCUT2D eigenvalue weighted by Gasteiger charge is -2.04. The van der Waals surface area contributed by atoms with Gasteiger partial charge in [0, 0.05) is 0 Å². The van der Waals surface area contributed by atoms with E-state index in [0.29, 0.717) is 31.0 Å². The van der Waals surface area contributed by atoms with Crippen LogP contribution < -0.4 is 0 Å². The molecule has 0 spiro atoms. The lowest BCUT2D eigenvalue weighted by Crippen LogP contribution is -2.03. The Morgan fingerprint density at radius 3 is 2.71 bits per heavy atom. The summed E-state index contributed by atoms with van der Waals surface area (Å²) in [5.41, 5.74) is 2.19. The minimum Gasteiger partial charge on any atom is -0.465 e. The summed E-state index contributed by atoms with van der Waals surface area (Å²) < 4.78 is 17.1. The highest BCUT2D eigenvalue weighted by atomic mass is 16.7. The molecule has 3 rings (SSSR count). The molecule has 0 radical (unpaired) electrons. The van der Waals surface area contributed by atoms with Crippen LogP contribution in [0.5, 0.6) is 0 Å². The quantitative estimate of drug-likeness (QED) is 0.786. The first-order valence-corrected chi connectivity index (χ1v) is 6.57. The topological polar surface area (TPSA) is 75.5 Å². The fraction of sp³-hybridized carbons (Fsp3) is 0.357.